The number of ether oxygens (including phenoxy) is 1. The molecular weight excluding hydrogens is 418 g/mol. The van der Waals surface area contributed by atoms with Crippen LogP contribution in [0.15, 0.2) is 24.3 Å². The number of aryl methyl sites for hydroxylation is 1. The van der Waals surface area contributed by atoms with Crippen LogP contribution in [0.1, 0.15) is 92.2 Å². The molecule has 0 saturated heterocycles. The summed E-state index contributed by atoms with van der Waals surface area (Å²) >= 11 is 1.56. The van der Waals surface area contributed by atoms with Gasteiger partial charge in [-0.1, -0.05) is 58.9 Å². The second-order valence-electron chi connectivity index (χ2n) is 10.2. The van der Waals surface area contributed by atoms with Gasteiger partial charge in [-0.2, -0.15) is 0 Å². The third-order valence-corrected chi connectivity index (χ3v) is 7.68. The van der Waals surface area contributed by atoms with Gasteiger partial charge in [-0.05, 0) is 66.5 Å². The van der Waals surface area contributed by atoms with E-state index in [4.69, 9.17) is 4.74 Å². The van der Waals surface area contributed by atoms with Crippen LogP contribution in [0.2, 0.25) is 0 Å². The Bertz CT molecular complexity index is 951. The molecule has 0 spiro atoms. The van der Waals surface area contributed by atoms with Crippen LogP contribution in [-0.4, -0.2) is 18.5 Å². The molecule has 1 aliphatic rings. The van der Waals surface area contributed by atoms with Crippen molar-refractivity contribution in [2.24, 2.45) is 11.3 Å². The van der Waals surface area contributed by atoms with E-state index in [0.717, 1.165) is 30.4 Å². The average molecular weight is 456 g/mol. The SMILES string of the molecule is CCOC(=O)c1c(NC(=O)CCc2ccc(C(C)C)cc2)sc2c1CCC(C(C)(C)C)C2. The summed E-state index contributed by atoms with van der Waals surface area (Å²) in [5, 5.41) is 3.69. The molecule has 1 atom stereocenters. The second-order valence-corrected chi connectivity index (χ2v) is 11.3. The molecule has 1 aromatic heterocycles. The fraction of sp³-hybridized carbons (Fsp3) is 0.556. The van der Waals surface area contributed by atoms with Crippen molar-refractivity contribution in [3.05, 3.63) is 51.4 Å². The fourth-order valence-electron chi connectivity index (χ4n) is 4.35. The topological polar surface area (TPSA) is 55.4 Å². The molecule has 174 valence electrons. The molecule has 3 rings (SSSR count). The largest absolute Gasteiger partial charge is 0.462 e. The summed E-state index contributed by atoms with van der Waals surface area (Å²) < 4.78 is 5.34. The molecule has 1 unspecified atom stereocenters. The van der Waals surface area contributed by atoms with E-state index >= 15 is 0 Å². The molecular formula is C27H37NO3S. The Balaban J connectivity index is 1.74. The zero-order valence-corrected chi connectivity index (χ0v) is 21.2. The predicted octanol–water partition coefficient (Wildman–Crippen LogP) is 6.77. The highest BCUT2D eigenvalue weighted by Crippen LogP contribution is 2.44. The maximum atomic E-state index is 12.8. The third-order valence-electron chi connectivity index (χ3n) is 6.51. The van der Waals surface area contributed by atoms with Crippen molar-refractivity contribution in [2.75, 3.05) is 11.9 Å². The van der Waals surface area contributed by atoms with Gasteiger partial charge in [-0.25, -0.2) is 4.79 Å². The minimum Gasteiger partial charge on any atom is -0.462 e. The first kappa shape index (κ1) is 24.5. The Morgan fingerprint density at radius 3 is 2.47 bits per heavy atom. The van der Waals surface area contributed by atoms with E-state index in [1.807, 2.05) is 6.92 Å². The van der Waals surface area contributed by atoms with Gasteiger partial charge in [0.1, 0.15) is 5.00 Å². The first-order chi connectivity index (χ1) is 15.1. The standard InChI is InChI=1S/C27H37NO3S/c1-7-31-26(30)24-21-14-13-20(27(4,5)6)16-22(21)32-25(24)28-23(29)15-10-18-8-11-19(12-9-18)17(2)3/h8-9,11-12,17,20H,7,10,13-16H2,1-6H3,(H,28,29). The Labute approximate surface area is 196 Å². The lowest BCUT2D eigenvalue weighted by Crippen LogP contribution is -2.26. The van der Waals surface area contributed by atoms with Crippen molar-refractivity contribution in [3.8, 4) is 0 Å². The lowest BCUT2D eigenvalue weighted by atomic mass is 9.72. The lowest BCUT2D eigenvalue weighted by molar-refractivity contribution is -0.116. The molecule has 0 fully saturated rings. The van der Waals surface area contributed by atoms with E-state index in [9.17, 15) is 9.59 Å². The number of fused-ring (bicyclic) bond motifs is 1. The molecule has 0 radical (unpaired) electrons. The van der Waals surface area contributed by atoms with E-state index in [-0.39, 0.29) is 17.3 Å². The number of carbonyl (C=O) groups excluding carboxylic acids is 2. The maximum absolute atomic E-state index is 12.8. The number of nitrogens with one attached hydrogen (secondary N) is 1. The summed E-state index contributed by atoms with van der Waals surface area (Å²) in [6.45, 7) is 13.3. The van der Waals surface area contributed by atoms with Gasteiger partial charge in [0.05, 0.1) is 12.2 Å². The van der Waals surface area contributed by atoms with Gasteiger partial charge in [0.15, 0.2) is 0 Å². The summed E-state index contributed by atoms with van der Waals surface area (Å²) in [6.07, 6.45) is 3.93. The highest BCUT2D eigenvalue weighted by Gasteiger charge is 2.34. The van der Waals surface area contributed by atoms with Crippen molar-refractivity contribution in [2.45, 2.75) is 79.6 Å². The number of carbonyl (C=O) groups is 2. The van der Waals surface area contributed by atoms with Gasteiger partial charge in [0.25, 0.3) is 0 Å². The Kier molecular flexibility index (Phi) is 7.81. The van der Waals surface area contributed by atoms with Gasteiger partial charge < -0.3 is 10.1 Å². The number of anilines is 1. The number of amides is 1. The van der Waals surface area contributed by atoms with Gasteiger partial charge >= 0.3 is 5.97 Å². The number of thiophene rings is 1. The van der Waals surface area contributed by atoms with Crippen molar-refractivity contribution < 1.29 is 14.3 Å². The molecule has 1 amide bonds. The molecule has 1 heterocycles. The van der Waals surface area contributed by atoms with Crippen LogP contribution in [-0.2, 0) is 28.8 Å². The Morgan fingerprint density at radius 1 is 1.19 bits per heavy atom. The second kappa shape index (κ2) is 10.2. The molecule has 0 aliphatic heterocycles. The molecule has 4 nitrogen and oxygen atoms in total. The third kappa shape index (κ3) is 5.80. The molecule has 32 heavy (non-hydrogen) atoms. The average Bonchev–Trinajstić information content (AvgIpc) is 3.09. The fourth-order valence-corrected chi connectivity index (χ4v) is 5.68. The van der Waals surface area contributed by atoms with Gasteiger partial charge in [-0.3, -0.25) is 4.79 Å². The predicted molar refractivity (Wildman–Crippen MR) is 133 cm³/mol. The summed E-state index contributed by atoms with van der Waals surface area (Å²) in [5.41, 5.74) is 4.33. The number of esters is 1. The molecule has 2 aromatic rings. The van der Waals surface area contributed by atoms with Crippen molar-refractivity contribution in [1.29, 1.82) is 0 Å². The van der Waals surface area contributed by atoms with E-state index in [1.165, 1.54) is 10.4 Å². The van der Waals surface area contributed by atoms with Crippen LogP contribution in [0.25, 0.3) is 0 Å². The highest BCUT2D eigenvalue weighted by molar-refractivity contribution is 7.17. The first-order valence-corrected chi connectivity index (χ1v) is 12.6. The molecule has 0 bridgehead atoms. The van der Waals surface area contributed by atoms with Crippen LogP contribution in [0.4, 0.5) is 5.00 Å². The van der Waals surface area contributed by atoms with Crippen molar-refractivity contribution in [1.82, 2.24) is 0 Å². The smallest absolute Gasteiger partial charge is 0.341 e. The molecule has 1 aromatic carbocycles. The molecule has 1 aliphatic carbocycles. The van der Waals surface area contributed by atoms with E-state index in [2.05, 4.69) is 64.2 Å². The summed E-state index contributed by atoms with van der Waals surface area (Å²) in [4.78, 5) is 26.8. The zero-order valence-electron chi connectivity index (χ0n) is 20.3. The van der Waals surface area contributed by atoms with E-state index in [0.29, 0.717) is 41.8 Å². The van der Waals surface area contributed by atoms with Crippen LogP contribution in [0.3, 0.4) is 0 Å². The van der Waals surface area contributed by atoms with Gasteiger partial charge in [-0.15, -0.1) is 11.3 Å². The van der Waals surface area contributed by atoms with Gasteiger partial charge in [0.2, 0.25) is 5.91 Å². The lowest BCUT2D eigenvalue weighted by Gasteiger charge is -2.33. The minimum absolute atomic E-state index is 0.0607. The molecule has 1 N–H and O–H groups in total. The number of rotatable bonds is 7. The summed E-state index contributed by atoms with van der Waals surface area (Å²) in [6, 6.07) is 8.47. The quantitative estimate of drug-likeness (QED) is 0.469. The molecule has 0 saturated carbocycles. The van der Waals surface area contributed by atoms with Crippen molar-refractivity contribution >= 4 is 28.2 Å². The number of hydrogen-bond acceptors (Lipinski definition) is 4. The van der Waals surface area contributed by atoms with E-state index < -0.39 is 0 Å². The van der Waals surface area contributed by atoms with Gasteiger partial charge in [0, 0.05) is 11.3 Å². The van der Waals surface area contributed by atoms with Crippen LogP contribution in [0, 0.1) is 11.3 Å². The number of hydrogen-bond donors (Lipinski definition) is 1. The summed E-state index contributed by atoms with van der Waals surface area (Å²) in [7, 11) is 0. The monoisotopic (exact) mass is 455 g/mol. The van der Waals surface area contributed by atoms with Crippen molar-refractivity contribution in [3.63, 3.8) is 0 Å². The van der Waals surface area contributed by atoms with Crippen LogP contribution in [0.5, 0.6) is 0 Å². The normalized spacial score (nSPS) is 16.0. The summed E-state index contributed by atoms with van der Waals surface area (Å²) in [5.74, 6) is 0.686. The van der Waals surface area contributed by atoms with Crippen LogP contribution >= 0.6 is 11.3 Å². The minimum atomic E-state index is -0.321. The number of benzene rings is 1. The zero-order chi connectivity index (χ0) is 23.5. The van der Waals surface area contributed by atoms with Crippen LogP contribution < -0.4 is 5.32 Å². The van der Waals surface area contributed by atoms with E-state index in [1.54, 1.807) is 11.3 Å². The Morgan fingerprint density at radius 2 is 1.88 bits per heavy atom. The first-order valence-electron chi connectivity index (χ1n) is 11.8. The molecule has 5 heteroatoms. The Hall–Kier alpha value is -2.14. The maximum Gasteiger partial charge on any atom is 0.341 e. The highest BCUT2D eigenvalue weighted by atomic mass is 32.1.